The molecule has 1 atom stereocenters. The van der Waals surface area contributed by atoms with Crippen molar-refractivity contribution in [1.82, 2.24) is 5.32 Å². The van der Waals surface area contributed by atoms with E-state index in [-0.39, 0.29) is 11.9 Å². The molecule has 22 heavy (non-hydrogen) atoms. The van der Waals surface area contributed by atoms with E-state index in [0.717, 1.165) is 11.1 Å². The Morgan fingerprint density at radius 1 is 0.909 bits per heavy atom. The summed E-state index contributed by atoms with van der Waals surface area (Å²) in [5, 5.41) is 2.97. The van der Waals surface area contributed by atoms with Gasteiger partial charge in [-0.1, -0.05) is 68.4 Å². The van der Waals surface area contributed by atoms with Crippen LogP contribution in [0.5, 0.6) is 0 Å². The first-order valence-corrected chi connectivity index (χ1v) is 7.69. The molecule has 2 aromatic carbocycles. The smallest absolute Gasteiger partial charge is 0.244 e. The number of benzene rings is 2. The molecular weight excluding hydrogens is 270 g/mol. The molecule has 0 bridgehead atoms. The van der Waals surface area contributed by atoms with Crippen LogP contribution >= 0.6 is 0 Å². The van der Waals surface area contributed by atoms with Crippen molar-refractivity contribution in [3.05, 3.63) is 77.4 Å². The molecule has 1 N–H and O–H groups in total. The monoisotopic (exact) mass is 293 g/mol. The van der Waals surface area contributed by atoms with E-state index in [1.807, 2.05) is 55.5 Å². The van der Waals surface area contributed by atoms with Crippen molar-refractivity contribution in [2.24, 2.45) is 0 Å². The molecule has 1 amide bonds. The Kier molecular flexibility index (Phi) is 5.54. The lowest BCUT2D eigenvalue weighted by Crippen LogP contribution is -2.24. The number of nitrogens with one attached hydrogen (secondary N) is 1. The van der Waals surface area contributed by atoms with E-state index in [0.29, 0.717) is 5.92 Å². The van der Waals surface area contributed by atoms with Gasteiger partial charge in [0.1, 0.15) is 0 Å². The zero-order valence-electron chi connectivity index (χ0n) is 13.4. The van der Waals surface area contributed by atoms with Gasteiger partial charge in [0.05, 0.1) is 6.04 Å². The van der Waals surface area contributed by atoms with Crippen molar-refractivity contribution in [2.75, 3.05) is 0 Å². The second-order valence-corrected chi connectivity index (χ2v) is 5.80. The van der Waals surface area contributed by atoms with Crippen molar-refractivity contribution in [1.29, 1.82) is 0 Å². The molecule has 2 aromatic rings. The summed E-state index contributed by atoms with van der Waals surface area (Å²) in [6.45, 7) is 6.32. The molecule has 0 spiro atoms. The molecule has 0 radical (unpaired) electrons. The van der Waals surface area contributed by atoms with Crippen LogP contribution in [0.3, 0.4) is 0 Å². The highest BCUT2D eigenvalue weighted by Gasteiger charge is 2.06. The minimum absolute atomic E-state index is 0.00154. The van der Waals surface area contributed by atoms with Crippen molar-refractivity contribution >= 4 is 12.0 Å². The minimum atomic E-state index is -0.0794. The summed E-state index contributed by atoms with van der Waals surface area (Å²) in [6.07, 6.45) is 3.43. The van der Waals surface area contributed by atoms with Gasteiger partial charge < -0.3 is 5.32 Å². The largest absolute Gasteiger partial charge is 0.346 e. The summed E-state index contributed by atoms with van der Waals surface area (Å²) >= 11 is 0. The number of hydrogen-bond donors (Lipinski definition) is 1. The molecule has 0 aromatic heterocycles. The summed E-state index contributed by atoms with van der Waals surface area (Å²) in [4.78, 5) is 12.0. The maximum atomic E-state index is 12.0. The Bertz CT molecular complexity index is 627. The molecular formula is C20H23NO. The highest BCUT2D eigenvalue weighted by molar-refractivity contribution is 5.91. The van der Waals surface area contributed by atoms with Crippen LogP contribution in [0.25, 0.3) is 6.08 Å². The Balaban J connectivity index is 1.93. The van der Waals surface area contributed by atoms with Gasteiger partial charge in [0.15, 0.2) is 0 Å². The maximum Gasteiger partial charge on any atom is 0.244 e. The fraction of sp³-hybridized carbons (Fsp3) is 0.250. The van der Waals surface area contributed by atoms with Crippen LogP contribution in [-0.2, 0) is 4.79 Å². The first-order valence-electron chi connectivity index (χ1n) is 7.69. The molecule has 0 fully saturated rings. The molecule has 0 saturated carbocycles. The van der Waals surface area contributed by atoms with E-state index in [2.05, 4.69) is 31.3 Å². The van der Waals surface area contributed by atoms with Gasteiger partial charge in [0, 0.05) is 6.08 Å². The topological polar surface area (TPSA) is 29.1 Å². The van der Waals surface area contributed by atoms with Crippen LogP contribution in [0.4, 0.5) is 0 Å². The first kappa shape index (κ1) is 16.0. The van der Waals surface area contributed by atoms with Gasteiger partial charge in [-0.3, -0.25) is 4.79 Å². The highest BCUT2D eigenvalue weighted by atomic mass is 16.1. The van der Waals surface area contributed by atoms with Crippen molar-refractivity contribution in [2.45, 2.75) is 32.7 Å². The molecule has 2 nitrogen and oxygen atoms in total. The van der Waals surface area contributed by atoms with E-state index in [1.54, 1.807) is 6.08 Å². The second kappa shape index (κ2) is 7.60. The van der Waals surface area contributed by atoms with Gasteiger partial charge in [0.25, 0.3) is 0 Å². The third kappa shape index (κ3) is 4.59. The summed E-state index contributed by atoms with van der Waals surface area (Å²) in [6, 6.07) is 18.2. The molecule has 0 saturated heterocycles. The molecule has 0 aliphatic carbocycles. The molecule has 1 unspecified atom stereocenters. The van der Waals surface area contributed by atoms with Gasteiger partial charge in [-0.15, -0.1) is 0 Å². The molecule has 0 aliphatic heterocycles. The van der Waals surface area contributed by atoms with Crippen LogP contribution in [0.1, 0.15) is 49.4 Å². The fourth-order valence-corrected chi connectivity index (χ4v) is 2.25. The van der Waals surface area contributed by atoms with Gasteiger partial charge in [0.2, 0.25) is 5.91 Å². The van der Waals surface area contributed by atoms with Gasteiger partial charge in [-0.2, -0.15) is 0 Å². The highest BCUT2D eigenvalue weighted by Crippen LogP contribution is 2.15. The maximum absolute atomic E-state index is 12.0. The number of hydrogen-bond acceptors (Lipinski definition) is 1. The Hall–Kier alpha value is -2.35. The predicted molar refractivity (Wildman–Crippen MR) is 92.6 cm³/mol. The molecule has 0 aliphatic rings. The number of carbonyl (C=O) groups excluding carboxylic acids is 1. The third-order valence-electron chi connectivity index (χ3n) is 3.69. The average Bonchev–Trinajstić information content (AvgIpc) is 2.54. The lowest BCUT2D eigenvalue weighted by molar-refractivity contribution is -0.117. The zero-order chi connectivity index (χ0) is 15.9. The quantitative estimate of drug-likeness (QED) is 0.795. The Morgan fingerprint density at radius 2 is 1.55 bits per heavy atom. The van der Waals surface area contributed by atoms with Crippen molar-refractivity contribution < 1.29 is 4.79 Å². The molecule has 2 heteroatoms. The van der Waals surface area contributed by atoms with E-state index < -0.39 is 0 Å². The fourth-order valence-electron chi connectivity index (χ4n) is 2.25. The van der Waals surface area contributed by atoms with Crippen LogP contribution in [-0.4, -0.2) is 5.91 Å². The van der Waals surface area contributed by atoms with Crippen LogP contribution < -0.4 is 5.32 Å². The van der Waals surface area contributed by atoms with Crippen molar-refractivity contribution in [3.63, 3.8) is 0 Å². The number of amides is 1. The molecule has 0 heterocycles. The predicted octanol–water partition coefficient (Wildman–Crippen LogP) is 4.70. The van der Waals surface area contributed by atoms with Crippen molar-refractivity contribution in [3.8, 4) is 0 Å². The summed E-state index contributed by atoms with van der Waals surface area (Å²) in [5.74, 6) is 0.442. The SMILES string of the molecule is CC(C)c1ccc(C=CC(=O)NC(C)c2ccccc2)cc1. The number of rotatable bonds is 5. The van der Waals surface area contributed by atoms with E-state index in [4.69, 9.17) is 0 Å². The normalized spacial score (nSPS) is 12.5. The van der Waals surface area contributed by atoms with E-state index >= 15 is 0 Å². The summed E-state index contributed by atoms with van der Waals surface area (Å²) < 4.78 is 0. The van der Waals surface area contributed by atoms with Crippen LogP contribution in [0.15, 0.2) is 60.7 Å². The average molecular weight is 293 g/mol. The molecule has 114 valence electrons. The summed E-state index contributed by atoms with van der Waals surface area (Å²) in [5.41, 5.74) is 3.44. The minimum Gasteiger partial charge on any atom is -0.346 e. The zero-order valence-corrected chi connectivity index (χ0v) is 13.4. The van der Waals surface area contributed by atoms with Crippen LogP contribution in [0, 0.1) is 0 Å². The standard InChI is InChI=1S/C20H23NO/c1-15(2)18-12-9-17(10-13-18)11-14-20(22)21-16(3)19-7-5-4-6-8-19/h4-16H,1-3H3,(H,21,22). The van der Waals surface area contributed by atoms with Gasteiger partial charge >= 0.3 is 0 Å². The lowest BCUT2D eigenvalue weighted by atomic mass is 10.0. The van der Waals surface area contributed by atoms with E-state index in [9.17, 15) is 4.79 Å². The first-order chi connectivity index (χ1) is 10.6. The van der Waals surface area contributed by atoms with Crippen LogP contribution in [0.2, 0.25) is 0 Å². The number of carbonyl (C=O) groups is 1. The van der Waals surface area contributed by atoms with E-state index in [1.165, 1.54) is 5.56 Å². The summed E-state index contributed by atoms with van der Waals surface area (Å²) in [7, 11) is 0. The lowest BCUT2D eigenvalue weighted by Gasteiger charge is -2.12. The third-order valence-corrected chi connectivity index (χ3v) is 3.69. The second-order valence-electron chi connectivity index (χ2n) is 5.80. The Morgan fingerprint density at radius 3 is 2.14 bits per heavy atom. The van der Waals surface area contributed by atoms with Gasteiger partial charge in [-0.25, -0.2) is 0 Å². The molecule has 2 rings (SSSR count). The Labute approximate surface area is 132 Å². The van der Waals surface area contributed by atoms with Gasteiger partial charge in [-0.05, 0) is 35.6 Å².